The number of esters is 2. The molecule has 5 rings (SSSR count). The normalized spacial score (nSPS) is 44.4. The summed E-state index contributed by atoms with van der Waals surface area (Å²) in [5.74, 6) is -1.68. The number of carbonyl (C=O) groups excluding carboxylic acids is 3. The van der Waals surface area contributed by atoms with Crippen molar-refractivity contribution >= 4 is 17.7 Å². The van der Waals surface area contributed by atoms with Gasteiger partial charge in [0.2, 0.25) is 0 Å². The van der Waals surface area contributed by atoms with Gasteiger partial charge in [0.1, 0.15) is 23.2 Å². The zero-order valence-electron chi connectivity index (χ0n) is 17.1. The van der Waals surface area contributed by atoms with Crippen LogP contribution < -0.4 is 0 Å². The summed E-state index contributed by atoms with van der Waals surface area (Å²) in [4.78, 5) is 38.4. The van der Waals surface area contributed by atoms with E-state index in [4.69, 9.17) is 13.9 Å². The number of rotatable bonds is 1. The zero-order valence-corrected chi connectivity index (χ0v) is 17.1. The van der Waals surface area contributed by atoms with E-state index in [9.17, 15) is 19.5 Å². The molecule has 1 aliphatic heterocycles. The molecular formula is C22H26O7. The fraction of sp³-hybridized carbons (Fsp3) is 0.682. The van der Waals surface area contributed by atoms with E-state index in [1.165, 1.54) is 6.92 Å². The van der Waals surface area contributed by atoms with Gasteiger partial charge in [0.05, 0.1) is 17.6 Å². The molecule has 0 spiro atoms. The third-order valence-corrected chi connectivity index (χ3v) is 8.38. The molecule has 0 aromatic carbocycles. The summed E-state index contributed by atoms with van der Waals surface area (Å²) >= 11 is 0. The molecule has 7 atom stereocenters. The van der Waals surface area contributed by atoms with Crippen LogP contribution in [0.5, 0.6) is 0 Å². The molecule has 0 radical (unpaired) electrons. The molecule has 0 amide bonds. The lowest BCUT2D eigenvalue weighted by Gasteiger charge is -2.66. The van der Waals surface area contributed by atoms with Crippen LogP contribution >= 0.6 is 0 Å². The topological polar surface area (TPSA) is 103 Å². The first-order valence-electron chi connectivity index (χ1n) is 10.2. The molecule has 156 valence electrons. The van der Waals surface area contributed by atoms with Gasteiger partial charge in [0, 0.05) is 31.2 Å². The Hall–Kier alpha value is -2.15. The molecule has 2 saturated carbocycles. The molecular weight excluding hydrogens is 376 g/mol. The highest BCUT2D eigenvalue weighted by Crippen LogP contribution is 2.68. The minimum atomic E-state index is -1.67. The van der Waals surface area contributed by atoms with Crippen molar-refractivity contribution in [1.29, 1.82) is 0 Å². The van der Waals surface area contributed by atoms with E-state index >= 15 is 0 Å². The van der Waals surface area contributed by atoms with Crippen molar-refractivity contribution < 1.29 is 33.4 Å². The smallest absolute Gasteiger partial charge is 0.314 e. The lowest BCUT2D eigenvalue weighted by atomic mass is 9.40. The Bertz CT molecular complexity index is 929. The third-order valence-electron chi connectivity index (χ3n) is 8.38. The van der Waals surface area contributed by atoms with Crippen molar-refractivity contribution in [3.63, 3.8) is 0 Å². The Morgan fingerprint density at radius 1 is 1.28 bits per heavy atom. The number of ether oxygens (including phenoxy) is 2. The Morgan fingerprint density at radius 3 is 2.69 bits per heavy atom. The average Bonchev–Trinajstić information content (AvgIpc) is 3.24. The van der Waals surface area contributed by atoms with Crippen LogP contribution in [-0.4, -0.2) is 40.6 Å². The Labute approximate surface area is 168 Å². The van der Waals surface area contributed by atoms with Crippen molar-refractivity contribution in [1.82, 2.24) is 0 Å². The first-order valence-corrected chi connectivity index (χ1v) is 10.2. The van der Waals surface area contributed by atoms with Gasteiger partial charge in [-0.3, -0.25) is 14.4 Å². The second-order valence-electron chi connectivity index (χ2n) is 9.87. The van der Waals surface area contributed by atoms with E-state index < -0.39 is 46.5 Å². The number of hydrogen-bond donors (Lipinski definition) is 1. The van der Waals surface area contributed by atoms with Crippen molar-refractivity contribution in [2.24, 2.45) is 22.7 Å². The lowest BCUT2D eigenvalue weighted by molar-refractivity contribution is -0.293. The number of carbonyl (C=O) groups is 3. The largest absolute Gasteiger partial charge is 0.469 e. The number of Topliss-reactive ketones (excluding diaryl/α,β-unsaturated/α-hetero) is 1. The SMILES string of the molecule is CC(=O)OC1C2OC(=O)C3c4ccoc4CC(C32)C2(C)C(=O)CCC(C)(C)C12O. The van der Waals surface area contributed by atoms with E-state index in [1.807, 2.05) is 13.8 Å². The molecule has 3 aliphatic carbocycles. The first kappa shape index (κ1) is 18.9. The second-order valence-corrected chi connectivity index (χ2v) is 9.87. The molecule has 1 aromatic rings. The molecule has 7 nitrogen and oxygen atoms in total. The number of ketones is 1. The minimum absolute atomic E-state index is 0.0620. The summed E-state index contributed by atoms with van der Waals surface area (Å²) < 4.78 is 17.1. The van der Waals surface area contributed by atoms with Crippen LogP contribution in [0.1, 0.15) is 57.8 Å². The van der Waals surface area contributed by atoms with Gasteiger partial charge in [-0.1, -0.05) is 13.8 Å². The van der Waals surface area contributed by atoms with Gasteiger partial charge < -0.3 is 19.0 Å². The fourth-order valence-electron chi connectivity index (χ4n) is 6.94. The molecule has 1 aromatic heterocycles. The molecule has 1 N–H and O–H groups in total. The maximum Gasteiger partial charge on any atom is 0.314 e. The zero-order chi connectivity index (χ0) is 20.9. The number of fused-ring (bicyclic) bond motifs is 4. The predicted molar refractivity (Wildman–Crippen MR) is 98.6 cm³/mol. The molecule has 3 fully saturated rings. The van der Waals surface area contributed by atoms with Gasteiger partial charge >= 0.3 is 11.9 Å². The molecule has 2 heterocycles. The van der Waals surface area contributed by atoms with Crippen molar-refractivity contribution in [3.8, 4) is 0 Å². The minimum Gasteiger partial charge on any atom is -0.469 e. The average molecular weight is 402 g/mol. The Balaban J connectivity index is 1.78. The van der Waals surface area contributed by atoms with E-state index in [-0.39, 0.29) is 17.6 Å². The van der Waals surface area contributed by atoms with Gasteiger partial charge in [-0.15, -0.1) is 0 Å². The maximum absolute atomic E-state index is 13.4. The Kier molecular flexibility index (Phi) is 3.58. The van der Waals surface area contributed by atoms with Gasteiger partial charge in [0.15, 0.2) is 6.10 Å². The monoisotopic (exact) mass is 402 g/mol. The van der Waals surface area contributed by atoms with Crippen molar-refractivity contribution in [2.75, 3.05) is 0 Å². The molecule has 0 bridgehead atoms. The highest BCUT2D eigenvalue weighted by atomic mass is 16.6. The molecule has 7 heteroatoms. The van der Waals surface area contributed by atoms with Crippen LogP contribution in [0, 0.1) is 22.7 Å². The fourth-order valence-corrected chi connectivity index (χ4v) is 6.94. The second kappa shape index (κ2) is 5.50. The van der Waals surface area contributed by atoms with Gasteiger partial charge in [-0.2, -0.15) is 0 Å². The molecule has 4 aliphatic rings. The van der Waals surface area contributed by atoms with Crippen LogP contribution in [0.15, 0.2) is 16.7 Å². The number of aliphatic hydroxyl groups is 1. The third kappa shape index (κ3) is 2.00. The van der Waals surface area contributed by atoms with E-state index in [0.717, 1.165) is 5.56 Å². The van der Waals surface area contributed by atoms with Crippen molar-refractivity contribution in [3.05, 3.63) is 23.7 Å². The van der Waals surface area contributed by atoms with E-state index in [2.05, 4.69) is 0 Å². The summed E-state index contributed by atoms with van der Waals surface area (Å²) in [5, 5.41) is 12.3. The van der Waals surface area contributed by atoms with Crippen LogP contribution in [0.25, 0.3) is 0 Å². The predicted octanol–water partition coefficient (Wildman–Crippen LogP) is 2.15. The van der Waals surface area contributed by atoms with Crippen LogP contribution in [-0.2, 0) is 30.3 Å². The van der Waals surface area contributed by atoms with Gasteiger partial charge in [-0.25, -0.2) is 0 Å². The summed E-state index contributed by atoms with van der Waals surface area (Å²) in [7, 11) is 0. The van der Waals surface area contributed by atoms with Gasteiger partial charge in [-0.05, 0) is 30.7 Å². The summed E-state index contributed by atoms with van der Waals surface area (Å²) in [6, 6.07) is 1.77. The molecule has 29 heavy (non-hydrogen) atoms. The summed E-state index contributed by atoms with van der Waals surface area (Å²) in [6.45, 7) is 6.84. The highest BCUT2D eigenvalue weighted by Gasteiger charge is 2.78. The maximum atomic E-state index is 13.4. The van der Waals surface area contributed by atoms with E-state index in [0.29, 0.717) is 25.0 Å². The van der Waals surface area contributed by atoms with Gasteiger partial charge in [0.25, 0.3) is 0 Å². The highest BCUT2D eigenvalue weighted by molar-refractivity contribution is 5.90. The quantitative estimate of drug-likeness (QED) is 0.718. The number of furan rings is 1. The van der Waals surface area contributed by atoms with Crippen LogP contribution in [0.2, 0.25) is 0 Å². The standard InChI is InChI=1S/C22H26O7/c1-10(23)28-18-17-16-12(9-13-11(6-8-27-13)15(16)19(25)29-17)21(4)14(24)5-7-20(2,3)22(18,21)26/h6,8,12,15-18,26H,5,7,9H2,1-4H3. The lowest BCUT2D eigenvalue weighted by Crippen LogP contribution is -2.78. The Morgan fingerprint density at radius 2 is 2.00 bits per heavy atom. The van der Waals surface area contributed by atoms with Crippen molar-refractivity contribution in [2.45, 2.75) is 70.7 Å². The molecule has 1 saturated heterocycles. The number of hydrogen-bond acceptors (Lipinski definition) is 7. The molecule has 7 unspecified atom stereocenters. The first-order chi connectivity index (χ1) is 13.5. The summed E-state index contributed by atoms with van der Waals surface area (Å²) in [5.41, 5.74) is -2.83. The van der Waals surface area contributed by atoms with E-state index in [1.54, 1.807) is 19.3 Å². The van der Waals surface area contributed by atoms with Crippen LogP contribution in [0.4, 0.5) is 0 Å². The summed E-state index contributed by atoms with van der Waals surface area (Å²) in [6.07, 6.45) is 0.873. The van der Waals surface area contributed by atoms with Crippen LogP contribution in [0.3, 0.4) is 0 Å².